The summed E-state index contributed by atoms with van der Waals surface area (Å²) in [5.74, 6) is 0.000293. The lowest BCUT2D eigenvalue weighted by atomic mass is 10.3. The van der Waals surface area contributed by atoms with Gasteiger partial charge >= 0.3 is 0 Å². The molecule has 0 atom stereocenters. The second-order valence-corrected chi connectivity index (χ2v) is 5.62. The van der Waals surface area contributed by atoms with Crippen LogP contribution in [0.2, 0.25) is 5.02 Å². The van der Waals surface area contributed by atoms with Crippen molar-refractivity contribution in [3.63, 3.8) is 0 Å². The van der Waals surface area contributed by atoms with Gasteiger partial charge in [0, 0.05) is 10.7 Å². The molecule has 3 aromatic rings. The standard InChI is InChI=1S/C13H11ClN6OS/c1-7-10(11(21)15-9-5-3-8(14)4-6-9)17-18-12-16-13(22-2)19-20(7)12/h3-6H,1-2H3,(H,15,21). The van der Waals surface area contributed by atoms with Gasteiger partial charge in [-0.15, -0.1) is 15.3 Å². The molecule has 3 rings (SSSR count). The summed E-state index contributed by atoms with van der Waals surface area (Å²) in [5, 5.41) is 16.1. The number of hydrogen-bond acceptors (Lipinski definition) is 6. The Morgan fingerprint density at radius 3 is 2.68 bits per heavy atom. The molecule has 0 aliphatic rings. The minimum absolute atomic E-state index is 0.194. The van der Waals surface area contributed by atoms with Crippen molar-refractivity contribution in [1.29, 1.82) is 0 Å². The molecule has 2 heterocycles. The minimum Gasteiger partial charge on any atom is -0.321 e. The molecule has 1 amide bonds. The highest BCUT2D eigenvalue weighted by Gasteiger charge is 2.17. The topological polar surface area (TPSA) is 85.1 Å². The minimum atomic E-state index is -0.365. The van der Waals surface area contributed by atoms with Gasteiger partial charge in [0.05, 0.1) is 5.69 Å². The lowest BCUT2D eigenvalue weighted by molar-refractivity contribution is 0.102. The summed E-state index contributed by atoms with van der Waals surface area (Å²) in [6.07, 6.45) is 1.87. The first-order chi connectivity index (χ1) is 10.6. The second kappa shape index (κ2) is 5.90. The quantitative estimate of drug-likeness (QED) is 0.740. The zero-order chi connectivity index (χ0) is 15.7. The highest BCUT2D eigenvalue weighted by Crippen LogP contribution is 2.16. The fourth-order valence-corrected chi connectivity index (χ4v) is 2.32. The summed E-state index contributed by atoms with van der Waals surface area (Å²) in [6.45, 7) is 1.75. The van der Waals surface area contributed by atoms with E-state index in [1.54, 1.807) is 31.2 Å². The molecule has 0 fully saturated rings. The molecule has 7 nitrogen and oxygen atoms in total. The third-order valence-corrected chi connectivity index (χ3v) is 3.76. The van der Waals surface area contributed by atoms with Crippen molar-refractivity contribution in [2.75, 3.05) is 11.6 Å². The van der Waals surface area contributed by atoms with Crippen LogP contribution in [0.1, 0.15) is 16.2 Å². The van der Waals surface area contributed by atoms with Crippen LogP contribution in [-0.2, 0) is 0 Å². The van der Waals surface area contributed by atoms with Crippen LogP contribution in [0.5, 0.6) is 0 Å². The summed E-state index contributed by atoms with van der Waals surface area (Å²) in [4.78, 5) is 16.5. The number of carbonyl (C=O) groups is 1. The van der Waals surface area contributed by atoms with Gasteiger partial charge in [0.15, 0.2) is 5.69 Å². The summed E-state index contributed by atoms with van der Waals surface area (Å²) in [5.41, 5.74) is 1.39. The molecule has 0 aliphatic heterocycles. The van der Waals surface area contributed by atoms with Gasteiger partial charge in [-0.1, -0.05) is 23.4 Å². The van der Waals surface area contributed by atoms with Crippen LogP contribution in [0.25, 0.3) is 5.78 Å². The number of amides is 1. The van der Waals surface area contributed by atoms with E-state index >= 15 is 0 Å². The number of aryl methyl sites for hydroxylation is 1. The first-order valence-electron chi connectivity index (χ1n) is 6.29. The molecule has 0 saturated heterocycles. The maximum Gasteiger partial charge on any atom is 0.278 e. The fourth-order valence-electron chi connectivity index (χ4n) is 1.86. The van der Waals surface area contributed by atoms with Gasteiger partial charge in [0.1, 0.15) is 0 Å². The van der Waals surface area contributed by atoms with E-state index in [2.05, 4.69) is 25.6 Å². The summed E-state index contributed by atoms with van der Waals surface area (Å²) in [7, 11) is 0. The largest absolute Gasteiger partial charge is 0.321 e. The third-order valence-electron chi connectivity index (χ3n) is 2.97. The maximum atomic E-state index is 12.3. The smallest absolute Gasteiger partial charge is 0.278 e. The first kappa shape index (κ1) is 14.7. The lowest BCUT2D eigenvalue weighted by Crippen LogP contribution is -2.18. The van der Waals surface area contributed by atoms with E-state index in [-0.39, 0.29) is 11.6 Å². The Kier molecular flexibility index (Phi) is 3.95. The predicted molar refractivity (Wildman–Crippen MR) is 84.5 cm³/mol. The molecule has 1 aromatic carbocycles. The van der Waals surface area contributed by atoms with E-state index in [4.69, 9.17) is 11.6 Å². The molecule has 1 N–H and O–H groups in total. The second-order valence-electron chi connectivity index (χ2n) is 4.41. The van der Waals surface area contributed by atoms with Crippen molar-refractivity contribution in [2.24, 2.45) is 0 Å². The Morgan fingerprint density at radius 1 is 1.27 bits per heavy atom. The van der Waals surface area contributed by atoms with E-state index in [0.29, 0.717) is 27.3 Å². The van der Waals surface area contributed by atoms with Gasteiger partial charge in [-0.25, -0.2) is 0 Å². The van der Waals surface area contributed by atoms with Crippen molar-refractivity contribution in [3.8, 4) is 0 Å². The number of carbonyl (C=O) groups excluding carboxylic acids is 1. The number of fused-ring (bicyclic) bond motifs is 1. The zero-order valence-corrected chi connectivity index (χ0v) is 13.3. The number of nitrogens with one attached hydrogen (secondary N) is 1. The number of rotatable bonds is 3. The summed E-state index contributed by atoms with van der Waals surface area (Å²) >= 11 is 7.21. The number of anilines is 1. The summed E-state index contributed by atoms with van der Waals surface area (Å²) in [6, 6.07) is 6.81. The van der Waals surface area contributed by atoms with Crippen LogP contribution < -0.4 is 5.32 Å². The first-order valence-corrected chi connectivity index (χ1v) is 7.89. The Morgan fingerprint density at radius 2 is 2.00 bits per heavy atom. The van der Waals surface area contributed by atoms with Crippen LogP contribution in [-0.4, -0.2) is 37.0 Å². The van der Waals surface area contributed by atoms with Gasteiger partial charge in [0.25, 0.3) is 11.7 Å². The number of nitrogens with zero attached hydrogens (tertiary/aromatic N) is 5. The normalized spacial score (nSPS) is 10.9. The monoisotopic (exact) mass is 334 g/mol. The van der Waals surface area contributed by atoms with Gasteiger partial charge in [-0.3, -0.25) is 4.79 Å². The average molecular weight is 335 g/mol. The van der Waals surface area contributed by atoms with Gasteiger partial charge in [0.2, 0.25) is 5.16 Å². The average Bonchev–Trinajstić information content (AvgIpc) is 2.94. The molecule has 0 saturated carbocycles. The number of aromatic nitrogens is 5. The SMILES string of the molecule is CSc1nc2nnc(C(=O)Nc3ccc(Cl)cc3)c(C)n2n1. The molecule has 9 heteroatoms. The van der Waals surface area contributed by atoms with Crippen molar-refractivity contribution < 1.29 is 4.79 Å². The molecule has 0 bridgehead atoms. The number of thioether (sulfide) groups is 1. The van der Waals surface area contributed by atoms with Gasteiger partial charge < -0.3 is 5.32 Å². The Bertz CT molecular complexity index is 848. The predicted octanol–water partition coefficient (Wildman–Crippen LogP) is 2.46. The third kappa shape index (κ3) is 2.75. The van der Waals surface area contributed by atoms with E-state index in [1.165, 1.54) is 16.3 Å². The highest BCUT2D eigenvalue weighted by atomic mass is 35.5. The van der Waals surface area contributed by atoms with E-state index < -0.39 is 0 Å². The van der Waals surface area contributed by atoms with E-state index in [0.717, 1.165) is 0 Å². The van der Waals surface area contributed by atoms with Crippen LogP contribution in [0.3, 0.4) is 0 Å². The Balaban J connectivity index is 1.93. The number of halogens is 1. The van der Waals surface area contributed by atoms with Crippen molar-refractivity contribution in [3.05, 3.63) is 40.7 Å². The van der Waals surface area contributed by atoms with Crippen molar-refractivity contribution in [1.82, 2.24) is 24.8 Å². The Labute approximate surface area is 135 Å². The molecule has 22 heavy (non-hydrogen) atoms. The van der Waals surface area contributed by atoms with Gasteiger partial charge in [-0.2, -0.15) is 9.50 Å². The fraction of sp³-hybridized carbons (Fsp3) is 0.154. The molecular formula is C13H11ClN6OS. The molecule has 0 unspecified atom stereocenters. The number of benzene rings is 1. The van der Waals surface area contributed by atoms with Crippen LogP contribution in [0.15, 0.2) is 29.4 Å². The lowest BCUT2D eigenvalue weighted by Gasteiger charge is -2.06. The van der Waals surface area contributed by atoms with E-state index in [9.17, 15) is 4.79 Å². The summed E-state index contributed by atoms with van der Waals surface area (Å²) < 4.78 is 1.51. The highest BCUT2D eigenvalue weighted by molar-refractivity contribution is 7.98. The van der Waals surface area contributed by atoms with Gasteiger partial charge in [-0.05, 0) is 37.4 Å². The Hall–Kier alpha value is -2.19. The molecule has 112 valence electrons. The van der Waals surface area contributed by atoms with E-state index in [1.807, 2.05) is 6.26 Å². The molecule has 2 aromatic heterocycles. The molecule has 0 aliphatic carbocycles. The molecular weight excluding hydrogens is 324 g/mol. The molecule has 0 radical (unpaired) electrons. The molecule has 0 spiro atoms. The maximum absolute atomic E-state index is 12.3. The van der Waals surface area contributed by atoms with Crippen LogP contribution in [0.4, 0.5) is 5.69 Å². The van der Waals surface area contributed by atoms with Crippen LogP contribution in [0, 0.1) is 6.92 Å². The van der Waals surface area contributed by atoms with Crippen molar-refractivity contribution >= 4 is 40.7 Å². The van der Waals surface area contributed by atoms with Crippen molar-refractivity contribution in [2.45, 2.75) is 12.1 Å². The van der Waals surface area contributed by atoms with Crippen LogP contribution >= 0.6 is 23.4 Å². The number of hydrogen-bond donors (Lipinski definition) is 1. The zero-order valence-electron chi connectivity index (χ0n) is 11.7.